The molecule has 3 fully saturated rings. The molecule has 0 saturated heterocycles. The highest BCUT2D eigenvalue weighted by Crippen LogP contribution is 2.77. The lowest BCUT2D eigenvalue weighted by Gasteiger charge is -2.18. The van der Waals surface area contributed by atoms with Crippen LogP contribution >= 0.6 is 0 Å². The van der Waals surface area contributed by atoms with Crippen molar-refractivity contribution in [1.82, 2.24) is 14.8 Å². The van der Waals surface area contributed by atoms with E-state index in [1.807, 2.05) is 0 Å². The van der Waals surface area contributed by atoms with Crippen LogP contribution in [0.5, 0.6) is 0 Å². The van der Waals surface area contributed by atoms with Crippen LogP contribution in [-0.2, 0) is 22.7 Å². The molecular weight excluding hydrogens is 497 g/mol. The number of anilines is 1. The predicted octanol–water partition coefficient (Wildman–Crippen LogP) is 3.90. The number of amides is 1. The van der Waals surface area contributed by atoms with Gasteiger partial charge in [-0.1, -0.05) is 6.92 Å². The molecule has 0 aliphatic heterocycles. The van der Waals surface area contributed by atoms with Crippen molar-refractivity contribution >= 4 is 21.6 Å². The number of nitrogens with zero attached hydrogens (tertiary/aromatic N) is 3. The molecule has 2 aromatic heterocycles. The molecule has 0 radical (unpaired) electrons. The molecule has 3 aliphatic rings. The van der Waals surface area contributed by atoms with E-state index in [9.17, 15) is 35.2 Å². The number of fused-ring (bicyclic) bond motifs is 1. The topological polar surface area (TPSA) is 120 Å². The zero-order chi connectivity index (χ0) is 25.6. The molecule has 0 spiro atoms. The van der Waals surface area contributed by atoms with Crippen LogP contribution in [0.15, 0.2) is 23.4 Å². The molecule has 190 valence electrons. The second kappa shape index (κ2) is 7.21. The molecule has 3 N–H and O–H groups in total. The van der Waals surface area contributed by atoms with Gasteiger partial charge in [0, 0.05) is 48.7 Å². The van der Waals surface area contributed by atoms with Gasteiger partial charge in [0.15, 0.2) is 5.03 Å². The molecule has 5 rings (SSSR count). The maximum atomic E-state index is 14.2. The normalized spacial score (nSPS) is 27.5. The van der Waals surface area contributed by atoms with Gasteiger partial charge in [-0.25, -0.2) is 27.3 Å². The van der Waals surface area contributed by atoms with E-state index in [-0.39, 0.29) is 24.3 Å². The lowest BCUT2D eigenvalue weighted by molar-refractivity contribution is -0.138. The first-order valence-electron chi connectivity index (χ1n) is 10.9. The van der Waals surface area contributed by atoms with E-state index >= 15 is 0 Å². The fourth-order valence-electron chi connectivity index (χ4n) is 5.53. The molecule has 2 atom stereocenters. The average molecular weight is 519 g/mol. The first kappa shape index (κ1) is 24.1. The third kappa shape index (κ3) is 4.20. The highest BCUT2D eigenvalue weighted by Gasteiger charge is 2.74. The number of hydrogen-bond donors (Lipinski definition) is 2. The SMILES string of the molecule is CC12CC(F)(F)CC1(Cn1nc(C3CC3)c(C(F)(F)F)c1C(=O)Nc1ccnc(S(N)(=O)=O)c1)C2. The Morgan fingerprint density at radius 1 is 1.26 bits per heavy atom. The van der Waals surface area contributed by atoms with Gasteiger partial charge in [-0.2, -0.15) is 18.3 Å². The summed E-state index contributed by atoms with van der Waals surface area (Å²) in [6, 6.07) is 2.10. The fourth-order valence-corrected chi connectivity index (χ4v) is 6.03. The van der Waals surface area contributed by atoms with Crippen molar-refractivity contribution in [2.24, 2.45) is 16.0 Å². The van der Waals surface area contributed by atoms with Crippen molar-refractivity contribution in [3.63, 3.8) is 0 Å². The Balaban J connectivity index is 1.56. The molecular formula is C21H22F5N5O3S. The number of aromatic nitrogens is 3. The highest BCUT2D eigenvalue weighted by atomic mass is 32.2. The summed E-state index contributed by atoms with van der Waals surface area (Å²) in [5, 5.41) is 10.9. The Kier molecular flexibility index (Phi) is 4.97. The predicted molar refractivity (Wildman–Crippen MR) is 112 cm³/mol. The van der Waals surface area contributed by atoms with E-state index in [0.717, 1.165) is 16.9 Å². The van der Waals surface area contributed by atoms with Crippen LogP contribution in [0.2, 0.25) is 0 Å². The number of hydrogen-bond acceptors (Lipinski definition) is 5. The number of nitrogens with one attached hydrogen (secondary N) is 1. The van der Waals surface area contributed by atoms with E-state index in [1.54, 1.807) is 6.92 Å². The summed E-state index contributed by atoms with van der Waals surface area (Å²) < 4.78 is 94.9. The van der Waals surface area contributed by atoms with Gasteiger partial charge >= 0.3 is 6.18 Å². The van der Waals surface area contributed by atoms with Gasteiger partial charge in [-0.05, 0) is 30.7 Å². The van der Waals surface area contributed by atoms with Crippen LogP contribution in [0.25, 0.3) is 0 Å². The van der Waals surface area contributed by atoms with Gasteiger partial charge < -0.3 is 5.32 Å². The number of carbonyl (C=O) groups excluding carboxylic acids is 1. The maximum Gasteiger partial charge on any atom is 0.420 e. The minimum absolute atomic E-state index is 0.148. The second-order valence-corrected chi connectivity index (χ2v) is 11.7. The van der Waals surface area contributed by atoms with Gasteiger partial charge in [0.2, 0.25) is 5.92 Å². The van der Waals surface area contributed by atoms with E-state index in [0.29, 0.717) is 19.3 Å². The number of rotatable bonds is 6. The molecule has 35 heavy (non-hydrogen) atoms. The fraction of sp³-hybridized carbons (Fsp3) is 0.571. The highest BCUT2D eigenvalue weighted by molar-refractivity contribution is 7.89. The van der Waals surface area contributed by atoms with E-state index in [1.165, 1.54) is 6.07 Å². The van der Waals surface area contributed by atoms with Crippen LogP contribution in [0.3, 0.4) is 0 Å². The Bertz CT molecular complexity index is 1340. The first-order valence-corrected chi connectivity index (χ1v) is 12.4. The van der Waals surface area contributed by atoms with Crippen molar-refractivity contribution in [2.75, 3.05) is 5.32 Å². The molecule has 8 nitrogen and oxygen atoms in total. The van der Waals surface area contributed by atoms with Crippen molar-refractivity contribution in [1.29, 1.82) is 0 Å². The summed E-state index contributed by atoms with van der Waals surface area (Å²) >= 11 is 0. The third-order valence-electron chi connectivity index (χ3n) is 7.31. The molecule has 2 heterocycles. The summed E-state index contributed by atoms with van der Waals surface area (Å²) in [5.41, 5.74) is -4.10. The molecule has 14 heteroatoms. The van der Waals surface area contributed by atoms with Crippen molar-refractivity contribution < 1.29 is 35.2 Å². The lowest BCUT2D eigenvalue weighted by atomic mass is 9.98. The van der Waals surface area contributed by atoms with E-state index in [2.05, 4.69) is 15.4 Å². The lowest BCUT2D eigenvalue weighted by Crippen LogP contribution is -2.26. The standard InChI is InChI=1S/C21H22F5N5O3S/c1-18-7-19(18,9-20(22,23)8-18)10-31-16(14(21(24,25)26)15(30-31)11-2-3-11)17(32)29-12-4-5-28-13(6-12)35(27,33)34/h4-6,11H,2-3,7-10H2,1H3,(H2,27,33,34)(H,28,29,32). The van der Waals surface area contributed by atoms with Gasteiger partial charge in [0.1, 0.15) is 11.3 Å². The summed E-state index contributed by atoms with van der Waals surface area (Å²) in [6.07, 6.45) is -3.39. The summed E-state index contributed by atoms with van der Waals surface area (Å²) in [5.74, 6) is -4.59. The molecule has 2 unspecified atom stereocenters. The largest absolute Gasteiger partial charge is 0.420 e. The van der Waals surface area contributed by atoms with Crippen LogP contribution in [0.1, 0.15) is 66.7 Å². The molecule has 3 aliphatic carbocycles. The number of sulfonamides is 1. The quantitative estimate of drug-likeness (QED) is 0.561. The Morgan fingerprint density at radius 2 is 1.94 bits per heavy atom. The Hall–Kier alpha value is -2.61. The van der Waals surface area contributed by atoms with Gasteiger partial charge in [0.05, 0.1) is 5.69 Å². The average Bonchev–Trinajstić information content (AvgIpc) is 3.55. The number of alkyl halides is 5. The number of halogens is 5. The monoisotopic (exact) mass is 519 g/mol. The van der Waals surface area contributed by atoms with Crippen LogP contribution < -0.4 is 10.5 Å². The Labute approximate surface area is 197 Å². The molecule has 3 saturated carbocycles. The molecule has 2 aromatic rings. The summed E-state index contributed by atoms with van der Waals surface area (Å²) in [6.45, 7) is 1.42. The van der Waals surface area contributed by atoms with E-state index in [4.69, 9.17) is 5.14 Å². The van der Waals surface area contributed by atoms with Gasteiger partial charge in [-0.3, -0.25) is 9.48 Å². The number of primary sulfonamides is 1. The minimum atomic E-state index is -4.92. The van der Waals surface area contributed by atoms with Gasteiger partial charge in [0.25, 0.3) is 15.9 Å². The summed E-state index contributed by atoms with van der Waals surface area (Å²) in [7, 11) is -4.23. The van der Waals surface area contributed by atoms with E-state index < -0.39 is 67.5 Å². The number of nitrogens with two attached hydrogens (primary N) is 1. The summed E-state index contributed by atoms with van der Waals surface area (Å²) in [4.78, 5) is 16.8. The van der Waals surface area contributed by atoms with Gasteiger partial charge in [-0.15, -0.1) is 0 Å². The molecule has 1 amide bonds. The number of carbonyl (C=O) groups is 1. The van der Waals surface area contributed by atoms with Crippen LogP contribution in [0.4, 0.5) is 27.6 Å². The zero-order valence-corrected chi connectivity index (χ0v) is 19.3. The minimum Gasteiger partial charge on any atom is -0.320 e. The van der Waals surface area contributed by atoms with Crippen LogP contribution in [0, 0.1) is 10.8 Å². The van der Waals surface area contributed by atoms with Crippen LogP contribution in [-0.4, -0.2) is 35.0 Å². The Morgan fingerprint density at radius 3 is 2.49 bits per heavy atom. The smallest absolute Gasteiger partial charge is 0.320 e. The second-order valence-electron chi connectivity index (χ2n) is 10.1. The van der Waals surface area contributed by atoms with Crippen molar-refractivity contribution in [2.45, 2.75) is 68.6 Å². The molecule has 0 bridgehead atoms. The van der Waals surface area contributed by atoms with Crippen molar-refractivity contribution in [3.8, 4) is 0 Å². The maximum absolute atomic E-state index is 14.2. The first-order chi connectivity index (χ1) is 16.0. The third-order valence-corrected chi connectivity index (χ3v) is 8.11. The molecule has 0 aromatic carbocycles. The van der Waals surface area contributed by atoms with Crippen molar-refractivity contribution in [3.05, 3.63) is 35.3 Å². The zero-order valence-electron chi connectivity index (χ0n) is 18.5. The number of pyridine rings is 1.